The molecule has 2 aromatic carbocycles. The van der Waals surface area contributed by atoms with Gasteiger partial charge in [-0.1, -0.05) is 18.2 Å². The van der Waals surface area contributed by atoms with Gasteiger partial charge in [-0.3, -0.25) is 4.79 Å². The molecule has 0 bridgehead atoms. The SMILES string of the molecule is COc1ccc(-c2nc(COC(=O)CCOc3ccccc3)cs2)cc1OC. The van der Waals surface area contributed by atoms with E-state index in [2.05, 4.69) is 4.98 Å². The molecule has 3 rings (SSSR count). The molecule has 0 spiro atoms. The molecule has 0 amide bonds. The standard InChI is InChI=1S/C21H21NO5S/c1-24-18-9-8-15(12-19(18)25-2)21-22-16(14-28-21)13-27-20(23)10-11-26-17-6-4-3-5-7-17/h3-9,12,14H,10-11,13H2,1-2H3. The zero-order chi connectivity index (χ0) is 19.8. The highest BCUT2D eigenvalue weighted by Gasteiger charge is 2.11. The summed E-state index contributed by atoms with van der Waals surface area (Å²) in [6.07, 6.45) is 0.182. The Bertz CT molecular complexity index is 910. The fourth-order valence-electron chi connectivity index (χ4n) is 2.47. The Balaban J connectivity index is 1.50. The van der Waals surface area contributed by atoms with Gasteiger partial charge in [-0.05, 0) is 30.3 Å². The number of carbonyl (C=O) groups is 1. The molecule has 0 aliphatic heterocycles. The summed E-state index contributed by atoms with van der Waals surface area (Å²) >= 11 is 1.48. The molecule has 0 unspecified atom stereocenters. The Morgan fingerprint density at radius 3 is 2.57 bits per heavy atom. The molecule has 3 aromatic rings. The summed E-state index contributed by atoms with van der Waals surface area (Å²) in [5, 5.41) is 2.69. The molecule has 1 heterocycles. The summed E-state index contributed by atoms with van der Waals surface area (Å²) in [5.41, 5.74) is 1.61. The van der Waals surface area contributed by atoms with Gasteiger partial charge in [0.2, 0.25) is 0 Å². The van der Waals surface area contributed by atoms with E-state index < -0.39 is 0 Å². The fraction of sp³-hybridized carbons (Fsp3) is 0.238. The van der Waals surface area contributed by atoms with Gasteiger partial charge in [0, 0.05) is 10.9 Å². The van der Waals surface area contributed by atoms with Crippen LogP contribution in [0.15, 0.2) is 53.9 Å². The lowest BCUT2D eigenvalue weighted by atomic mass is 10.2. The summed E-state index contributed by atoms with van der Waals surface area (Å²) in [4.78, 5) is 16.4. The summed E-state index contributed by atoms with van der Waals surface area (Å²) in [6, 6.07) is 15.0. The zero-order valence-corrected chi connectivity index (χ0v) is 16.5. The van der Waals surface area contributed by atoms with Crippen molar-refractivity contribution < 1.29 is 23.7 Å². The number of esters is 1. The van der Waals surface area contributed by atoms with E-state index in [0.717, 1.165) is 16.3 Å². The number of ether oxygens (including phenoxy) is 4. The van der Waals surface area contributed by atoms with Crippen molar-refractivity contribution in [2.75, 3.05) is 20.8 Å². The van der Waals surface area contributed by atoms with Crippen LogP contribution in [0.25, 0.3) is 10.6 Å². The second-order valence-electron chi connectivity index (χ2n) is 5.79. The summed E-state index contributed by atoms with van der Waals surface area (Å²) < 4.78 is 21.3. The molecular weight excluding hydrogens is 378 g/mol. The molecule has 6 nitrogen and oxygen atoms in total. The van der Waals surface area contributed by atoms with Gasteiger partial charge in [0.15, 0.2) is 11.5 Å². The molecular formula is C21H21NO5S. The Morgan fingerprint density at radius 2 is 1.82 bits per heavy atom. The van der Waals surface area contributed by atoms with Gasteiger partial charge in [-0.15, -0.1) is 11.3 Å². The molecule has 0 aliphatic carbocycles. The minimum absolute atomic E-state index is 0.133. The first-order valence-corrected chi connectivity index (χ1v) is 9.58. The lowest BCUT2D eigenvalue weighted by Gasteiger charge is -2.08. The van der Waals surface area contributed by atoms with E-state index in [1.165, 1.54) is 11.3 Å². The van der Waals surface area contributed by atoms with E-state index in [1.807, 2.05) is 53.9 Å². The lowest BCUT2D eigenvalue weighted by molar-refractivity contribution is -0.145. The molecule has 0 N–H and O–H groups in total. The van der Waals surface area contributed by atoms with Crippen molar-refractivity contribution in [2.24, 2.45) is 0 Å². The smallest absolute Gasteiger partial charge is 0.309 e. The quantitative estimate of drug-likeness (QED) is 0.499. The second-order valence-corrected chi connectivity index (χ2v) is 6.64. The maximum Gasteiger partial charge on any atom is 0.309 e. The van der Waals surface area contributed by atoms with Gasteiger partial charge in [-0.2, -0.15) is 0 Å². The fourth-order valence-corrected chi connectivity index (χ4v) is 3.27. The maximum atomic E-state index is 11.9. The largest absolute Gasteiger partial charge is 0.493 e. The van der Waals surface area contributed by atoms with E-state index in [0.29, 0.717) is 17.2 Å². The summed E-state index contributed by atoms with van der Waals surface area (Å²) in [5.74, 6) is 1.71. The molecule has 28 heavy (non-hydrogen) atoms. The van der Waals surface area contributed by atoms with Crippen molar-refractivity contribution >= 4 is 17.3 Å². The van der Waals surface area contributed by atoms with Crippen molar-refractivity contribution in [3.8, 4) is 27.8 Å². The lowest BCUT2D eigenvalue weighted by Crippen LogP contribution is -2.10. The highest BCUT2D eigenvalue weighted by molar-refractivity contribution is 7.13. The predicted octanol–water partition coefficient (Wildman–Crippen LogP) is 4.34. The van der Waals surface area contributed by atoms with Crippen molar-refractivity contribution in [2.45, 2.75) is 13.0 Å². The van der Waals surface area contributed by atoms with Crippen LogP contribution in [0.2, 0.25) is 0 Å². The van der Waals surface area contributed by atoms with Crippen molar-refractivity contribution in [3.63, 3.8) is 0 Å². The van der Waals surface area contributed by atoms with Crippen LogP contribution in [0.1, 0.15) is 12.1 Å². The normalized spacial score (nSPS) is 10.4. The van der Waals surface area contributed by atoms with Crippen LogP contribution in [-0.2, 0) is 16.1 Å². The van der Waals surface area contributed by atoms with E-state index >= 15 is 0 Å². The summed E-state index contributed by atoms with van der Waals surface area (Å²) in [7, 11) is 3.19. The van der Waals surface area contributed by atoms with Crippen LogP contribution in [0.4, 0.5) is 0 Å². The highest BCUT2D eigenvalue weighted by Crippen LogP contribution is 2.33. The third-order valence-electron chi connectivity index (χ3n) is 3.88. The van der Waals surface area contributed by atoms with Gasteiger partial charge in [0.1, 0.15) is 17.4 Å². The predicted molar refractivity (Wildman–Crippen MR) is 107 cm³/mol. The molecule has 0 radical (unpaired) electrons. The zero-order valence-electron chi connectivity index (χ0n) is 15.7. The van der Waals surface area contributed by atoms with Crippen LogP contribution >= 0.6 is 11.3 Å². The average Bonchev–Trinajstić information content (AvgIpc) is 3.21. The molecule has 1 aromatic heterocycles. The number of hydrogen-bond donors (Lipinski definition) is 0. The van der Waals surface area contributed by atoms with Gasteiger partial charge in [-0.25, -0.2) is 4.98 Å². The van der Waals surface area contributed by atoms with Crippen LogP contribution < -0.4 is 14.2 Å². The molecule has 7 heteroatoms. The van der Waals surface area contributed by atoms with Gasteiger partial charge >= 0.3 is 5.97 Å². The van der Waals surface area contributed by atoms with Crippen molar-refractivity contribution in [1.82, 2.24) is 4.98 Å². The van der Waals surface area contributed by atoms with Crippen molar-refractivity contribution in [3.05, 3.63) is 59.6 Å². The Kier molecular flexibility index (Phi) is 6.86. The van der Waals surface area contributed by atoms with E-state index in [9.17, 15) is 4.79 Å². The van der Waals surface area contributed by atoms with Crippen LogP contribution in [0.5, 0.6) is 17.2 Å². The molecule has 0 saturated carbocycles. The molecule has 0 atom stereocenters. The minimum Gasteiger partial charge on any atom is -0.493 e. The first-order valence-electron chi connectivity index (χ1n) is 8.70. The molecule has 0 saturated heterocycles. The van der Waals surface area contributed by atoms with Gasteiger partial charge in [0.25, 0.3) is 0 Å². The number of carbonyl (C=O) groups excluding carboxylic acids is 1. The molecule has 0 aliphatic rings. The number of thiazole rings is 1. The number of aromatic nitrogens is 1. The van der Waals surface area contributed by atoms with Gasteiger partial charge < -0.3 is 18.9 Å². The second kappa shape index (κ2) is 9.75. The van der Waals surface area contributed by atoms with E-state index in [1.54, 1.807) is 14.2 Å². The minimum atomic E-state index is -0.323. The Labute approximate surface area is 167 Å². The van der Waals surface area contributed by atoms with Crippen LogP contribution in [-0.4, -0.2) is 31.8 Å². The van der Waals surface area contributed by atoms with E-state index in [-0.39, 0.29) is 25.6 Å². The Hall–Kier alpha value is -3.06. The third kappa shape index (κ3) is 5.23. The maximum absolute atomic E-state index is 11.9. The average molecular weight is 399 g/mol. The van der Waals surface area contributed by atoms with Crippen LogP contribution in [0.3, 0.4) is 0 Å². The first kappa shape index (κ1) is 19.7. The number of rotatable bonds is 9. The van der Waals surface area contributed by atoms with Gasteiger partial charge in [0.05, 0.1) is 32.9 Å². The number of para-hydroxylation sites is 1. The Morgan fingerprint density at radius 1 is 1.04 bits per heavy atom. The molecule has 146 valence electrons. The first-order chi connectivity index (χ1) is 13.7. The number of benzene rings is 2. The monoisotopic (exact) mass is 399 g/mol. The number of nitrogens with zero attached hydrogens (tertiary/aromatic N) is 1. The highest BCUT2D eigenvalue weighted by atomic mass is 32.1. The third-order valence-corrected chi connectivity index (χ3v) is 4.82. The summed E-state index contributed by atoms with van der Waals surface area (Å²) in [6.45, 7) is 0.408. The number of methoxy groups -OCH3 is 2. The van der Waals surface area contributed by atoms with Crippen LogP contribution in [0, 0.1) is 0 Å². The molecule has 0 fully saturated rings. The number of hydrogen-bond acceptors (Lipinski definition) is 7. The topological polar surface area (TPSA) is 66.9 Å². The van der Waals surface area contributed by atoms with Crippen molar-refractivity contribution in [1.29, 1.82) is 0 Å². The van der Waals surface area contributed by atoms with E-state index in [4.69, 9.17) is 18.9 Å².